The fourth-order valence-electron chi connectivity index (χ4n) is 6.09. The van der Waals surface area contributed by atoms with Crippen molar-refractivity contribution in [3.8, 4) is 28.4 Å². The van der Waals surface area contributed by atoms with Crippen molar-refractivity contribution in [2.75, 3.05) is 37.9 Å². The van der Waals surface area contributed by atoms with Crippen LogP contribution in [0.4, 0.5) is 5.69 Å². The smallest absolute Gasteiger partial charge is 0.231 e. The number of amides is 1. The van der Waals surface area contributed by atoms with E-state index in [0.717, 1.165) is 56.2 Å². The van der Waals surface area contributed by atoms with Gasteiger partial charge in [0.15, 0.2) is 11.5 Å². The fourth-order valence-corrected chi connectivity index (χ4v) is 6.09. The molecule has 0 saturated carbocycles. The highest BCUT2D eigenvalue weighted by atomic mass is 16.7. The molecule has 1 amide bonds. The van der Waals surface area contributed by atoms with Gasteiger partial charge in [-0.2, -0.15) is 0 Å². The van der Waals surface area contributed by atoms with E-state index < -0.39 is 0 Å². The van der Waals surface area contributed by atoms with E-state index in [-0.39, 0.29) is 12.7 Å². The molecular weight excluding hydrogens is 474 g/mol. The fraction of sp³-hybridized carbons (Fsp3) is 0.281. The molecule has 38 heavy (non-hydrogen) atoms. The SMILES string of the molecule is O=C(CCc1cc2c(n1-c1ccc3c(c1)OCO3)-c1ccccc1CC2)N1CCN(c2ccccc2)CC1. The molecule has 3 aromatic carbocycles. The van der Waals surface area contributed by atoms with Crippen LogP contribution in [0.25, 0.3) is 16.9 Å². The molecule has 0 radical (unpaired) electrons. The van der Waals surface area contributed by atoms with Crippen molar-refractivity contribution in [2.24, 2.45) is 0 Å². The zero-order chi connectivity index (χ0) is 25.5. The van der Waals surface area contributed by atoms with E-state index in [2.05, 4.69) is 76.2 Å². The summed E-state index contributed by atoms with van der Waals surface area (Å²) >= 11 is 0. The first-order chi connectivity index (χ1) is 18.7. The number of nitrogens with zero attached hydrogens (tertiary/aromatic N) is 3. The highest BCUT2D eigenvalue weighted by Crippen LogP contribution is 2.40. The van der Waals surface area contributed by atoms with Crippen molar-refractivity contribution in [3.63, 3.8) is 0 Å². The van der Waals surface area contributed by atoms with Crippen molar-refractivity contribution in [2.45, 2.75) is 25.7 Å². The lowest BCUT2D eigenvalue weighted by molar-refractivity contribution is -0.131. The number of aromatic nitrogens is 1. The molecule has 7 rings (SSSR count). The number of ether oxygens (including phenoxy) is 2. The van der Waals surface area contributed by atoms with E-state index in [1.807, 2.05) is 17.0 Å². The summed E-state index contributed by atoms with van der Waals surface area (Å²) in [5.74, 6) is 1.78. The minimum absolute atomic E-state index is 0.231. The van der Waals surface area contributed by atoms with Crippen LogP contribution in [0.2, 0.25) is 0 Å². The summed E-state index contributed by atoms with van der Waals surface area (Å²) in [4.78, 5) is 17.7. The monoisotopic (exact) mass is 505 g/mol. The Hall–Kier alpha value is -4.19. The number of carbonyl (C=O) groups excluding carboxylic acids is 1. The molecule has 0 bridgehead atoms. The molecule has 1 fully saturated rings. The predicted molar refractivity (Wildman–Crippen MR) is 148 cm³/mol. The molecule has 1 saturated heterocycles. The van der Waals surface area contributed by atoms with Gasteiger partial charge in [0, 0.05) is 61.3 Å². The maximum atomic E-state index is 13.3. The van der Waals surface area contributed by atoms with Gasteiger partial charge in [0.1, 0.15) is 0 Å². The molecule has 0 atom stereocenters. The quantitative estimate of drug-likeness (QED) is 0.372. The number of carbonyl (C=O) groups is 1. The summed E-state index contributed by atoms with van der Waals surface area (Å²) in [5, 5.41) is 0. The number of hydrogen-bond acceptors (Lipinski definition) is 4. The molecule has 0 N–H and O–H groups in total. The van der Waals surface area contributed by atoms with Crippen LogP contribution in [0.15, 0.2) is 78.9 Å². The summed E-state index contributed by atoms with van der Waals surface area (Å²) in [7, 11) is 0. The Morgan fingerprint density at radius 2 is 1.50 bits per heavy atom. The van der Waals surface area contributed by atoms with Crippen molar-refractivity contribution in [1.29, 1.82) is 0 Å². The van der Waals surface area contributed by atoms with Crippen molar-refractivity contribution < 1.29 is 14.3 Å². The first-order valence-electron chi connectivity index (χ1n) is 13.5. The maximum Gasteiger partial charge on any atom is 0.231 e. The first-order valence-corrected chi connectivity index (χ1v) is 13.5. The standard InChI is InChI=1S/C32H31N3O3/c36-31(34-18-16-33(17-19-34)25-7-2-1-3-8-25)15-13-26-20-24-11-10-23-6-4-5-9-28(23)32(24)35(26)27-12-14-29-30(21-27)38-22-37-29/h1-9,12,14,20-21H,10-11,13,15-19,22H2. The zero-order valence-corrected chi connectivity index (χ0v) is 21.4. The van der Waals surface area contributed by atoms with Crippen LogP contribution in [-0.4, -0.2) is 48.3 Å². The minimum atomic E-state index is 0.231. The highest BCUT2D eigenvalue weighted by Gasteiger charge is 2.26. The number of aryl methyl sites for hydroxylation is 3. The largest absolute Gasteiger partial charge is 0.454 e. The molecule has 0 spiro atoms. The van der Waals surface area contributed by atoms with Gasteiger partial charge in [-0.15, -0.1) is 0 Å². The van der Waals surface area contributed by atoms with Crippen molar-refractivity contribution in [3.05, 3.63) is 95.7 Å². The van der Waals surface area contributed by atoms with E-state index in [0.29, 0.717) is 12.8 Å². The Labute approximate surface area is 223 Å². The summed E-state index contributed by atoms with van der Waals surface area (Å²) in [6, 6.07) is 27.6. The van der Waals surface area contributed by atoms with Crippen LogP contribution >= 0.6 is 0 Å². The molecule has 6 heteroatoms. The number of hydrogen-bond donors (Lipinski definition) is 0. The third kappa shape index (κ3) is 4.10. The normalized spacial score (nSPS) is 15.8. The van der Waals surface area contributed by atoms with Gasteiger partial charge >= 0.3 is 0 Å². The topological polar surface area (TPSA) is 46.9 Å². The van der Waals surface area contributed by atoms with Crippen LogP contribution in [0, 0.1) is 0 Å². The van der Waals surface area contributed by atoms with E-state index in [1.54, 1.807) is 0 Å². The van der Waals surface area contributed by atoms with Gasteiger partial charge < -0.3 is 23.8 Å². The molecule has 192 valence electrons. The van der Waals surface area contributed by atoms with Gasteiger partial charge in [0.2, 0.25) is 12.7 Å². The summed E-state index contributed by atoms with van der Waals surface area (Å²) in [5.41, 5.74) is 8.69. The van der Waals surface area contributed by atoms with E-state index in [1.165, 1.54) is 33.8 Å². The molecule has 3 aliphatic rings. The zero-order valence-electron chi connectivity index (χ0n) is 21.4. The number of piperazine rings is 1. The lowest BCUT2D eigenvalue weighted by Crippen LogP contribution is -2.48. The summed E-state index contributed by atoms with van der Waals surface area (Å²) in [6.45, 7) is 3.52. The van der Waals surface area contributed by atoms with Gasteiger partial charge in [-0.1, -0.05) is 42.5 Å². The molecule has 6 nitrogen and oxygen atoms in total. The number of para-hydroxylation sites is 1. The second-order valence-corrected chi connectivity index (χ2v) is 10.2. The first kappa shape index (κ1) is 23.0. The van der Waals surface area contributed by atoms with E-state index in [4.69, 9.17) is 9.47 Å². The van der Waals surface area contributed by atoms with E-state index in [9.17, 15) is 4.79 Å². The maximum absolute atomic E-state index is 13.3. The molecule has 2 aliphatic heterocycles. The Bertz CT molecular complexity index is 1490. The predicted octanol–water partition coefficient (Wildman–Crippen LogP) is 5.25. The Morgan fingerprint density at radius 1 is 0.737 bits per heavy atom. The van der Waals surface area contributed by atoms with Gasteiger partial charge in [0.25, 0.3) is 0 Å². The summed E-state index contributed by atoms with van der Waals surface area (Å²) < 4.78 is 13.6. The summed E-state index contributed by atoms with van der Waals surface area (Å²) in [6.07, 6.45) is 3.24. The number of anilines is 1. The average Bonchev–Trinajstić information content (AvgIpc) is 3.60. The Kier molecular flexibility index (Phi) is 5.80. The molecule has 1 aromatic heterocycles. The third-order valence-corrected chi connectivity index (χ3v) is 8.06. The minimum Gasteiger partial charge on any atom is -0.454 e. The van der Waals surface area contributed by atoms with Crippen LogP contribution in [0.1, 0.15) is 23.2 Å². The number of benzene rings is 3. The van der Waals surface area contributed by atoms with Crippen LogP contribution in [0.5, 0.6) is 11.5 Å². The lowest BCUT2D eigenvalue weighted by Gasteiger charge is -2.36. The van der Waals surface area contributed by atoms with Gasteiger partial charge in [-0.25, -0.2) is 0 Å². The molecule has 3 heterocycles. The second-order valence-electron chi connectivity index (χ2n) is 10.2. The number of rotatable bonds is 5. The van der Waals surface area contributed by atoms with Crippen LogP contribution < -0.4 is 14.4 Å². The highest BCUT2D eigenvalue weighted by molar-refractivity contribution is 5.78. The second kappa shape index (κ2) is 9.60. The Balaban J connectivity index is 1.14. The van der Waals surface area contributed by atoms with Crippen molar-refractivity contribution >= 4 is 11.6 Å². The van der Waals surface area contributed by atoms with Crippen LogP contribution in [0.3, 0.4) is 0 Å². The van der Waals surface area contributed by atoms with Gasteiger partial charge in [-0.05, 0) is 60.7 Å². The van der Waals surface area contributed by atoms with Crippen LogP contribution in [-0.2, 0) is 24.1 Å². The van der Waals surface area contributed by atoms with Gasteiger partial charge in [0.05, 0.1) is 5.69 Å². The average molecular weight is 506 g/mol. The van der Waals surface area contributed by atoms with Crippen molar-refractivity contribution in [1.82, 2.24) is 9.47 Å². The molecular formula is C32H31N3O3. The molecule has 4 aromatic rings. The lowest BCUT2D eigenvalue weighted by atomic mass is 9.90. The van der Waals surface area contributed by atoms with E-state index >= 15 is 0 Å². The third-order valence-electron chi connectivity index (χ3n) is 8.06. The molecule has 1 aliphatic carbocycles. The Morgan fingerprint density at radius 3 is 2.37 bits per heavy atom. The number of fused-ring (bicyclic) bond motifs is 4. The van der Waals surface area contributed by atoms with Gasteiger partial charge in [-0.3, -0.25) is 4.79 Å². The molecule has 0 unspecified atom stereocenters.